The van der Waals surface area contributed by atoms with Crippen molar-refractivity contribution >= 4 is 5.91 Å². The summed E-state index contributed by atoms with van der Waals surface area (Å²) in [7, 11) is 1.71. The lowest BCUT2D eigenvalue weighted by atomic mass is 9.84. The second-order valence-electron chi connectivity index (χ2n) is 9.21. The lowest BCUT2D eigenvalue weighted by Crippen LogP contribution is -2.48. The SMILES string of the molecule is COc1ccc(CN2CCCC3(CCC(=O)N3CC3CCCCC3)CC2)cc1. The van der Waals surface area contributed by atoms with E-state index in [4.69, 9.17) is 4.74 Å². The van der Waals surface area contributed by atoms with Crippen LogP contribution >= 0.6 is 0 Å². The molecular weight excluding hydrogens is 348 g/mol. The topological polar surface area (TPSA) is 32.8 Å². The summed E-state index contributed by atoms with van der Waals surface area (Å²) in [5.41, 5.74) is 1.49. The number of methoxy groups -OCH3 is 1. The highest BCUT2D eigenvalue weighted by atomic mass is 16.5. The van der Waals surface area contributed by atoms with Crippen LogP contribution in [0.5, 0.6) is 5.75 Å². The predicted octanol–water partition coefficient (Wildman–Crippen LogP) is 4.62. The number of carbonyl (C=O) groups is 1. The molecule has 4 heteroatoms. The Morgan fingerprint density at radius 2 is 1.79 bits per heavy atom. The van der Waals surface area contributed by atoms with Gasteiger partial charge < -0.3 is 9.64 Å². The van der Waals surface area contributed by atoms with E-state index in [9.17, 15) is 4.79 Å². The highest BCUT2D eigenvalue weighted by Gasteiger charge is 2.46. The maximum Gasteiger partial charge on any atom is 0.223 e. The summed E-state index contributed by atoms with van der Waals surface area (Å²) >= 11 is 0. The molecule has 0 N–H and O–H groups in total. The molecule has 154 valence electrons. The molecule has 1 saturated carbocycles. The van der Waals surface area contributed by atoms with Gasteiger partial charge in [-0.05, 0) is 68.7 Å². The quantitative estimate of drug-likeness (QED) is 0.742. The molecule has 4 rings (SSSR count). The Morgan fingerprint density at radius 3 is 2.54 bits per heavy atom. The molecule has 0 bridgehead atoms. The monoisotopic (exact) mass is 384 g/mol. The first kappa shape index (κ1) is 19.8. The predicted molar refractivity (Wildman–Crippen MR) is 112 cm³/mol. The summed E-state index contributed by atoms with van der Waals surface area (Å²) in [4.78, 5) is 17.7. The van der Waals surface area contributed by atoms with Gasteiger partial charge in [-0.2, -0.15) is 0 Å². The molecule has 0 radical (unpaired) electrons. The van der Waals surface area contributed by atoms with Crippen LogP contribution in [0.2, 0.25) is 0 Å². The van der Waals surface area contributed by atoms with Gasteiger partial charge in [-0.25, -0.2) is 0 Å². The number of amides is 1. The van der Waals surface area contributed by atoms with Crippen molar-refractivity contribution in [2.24, 2.45) is 5.92 Å². The lowest BCUT2D eigenvalue weighted by Gasteiger charge is -2.41. The Bertz CT molecular complexity index is 653. The minimum absolute atomic E-state index is 0.142. The fourth-order valence-corrected chi connectivity index (χ4v) is 5.70. The number of likely N-dealkylation sites (tertiary alicyclic amines) is 2. The third kappa shape index (κ3) is 4.37. The molecule has 1 amide bonds. The van der Waals surface area contributed by atoms with Crippen LogP contribution in [0.3, 0.4) is 0 Å². The van der Waals surface area contributed by atoms with E-state index in [0.29, 0.717) is 5.91 Å². The molecule has 1 aromatic rings. The third-order valence-corrected chi connectivity index (χ3v) is 7.42. The molecular formula is C24H36N2O2. The van der Waals surface area contributed by atoms with E-state index in [2.05, 4.69) is 34.1 Å². The van der Waals surface area contributed by atoms with Crippen LogP contribution in [0.1, 0.15) is 69.8 Å². The highest BCUT2D eigenvalue weighted by molar-refractivity contribution is 5.79. The normalized spacial score (nSPS) is 27.3. The Morgan fingerprint density at radius 1 is 1.00 bits per heavy atom. The third-order valence-electron chi connectivity index (χ3n) is 7.42. The van der Waals surface area contributed by atoms with E-state index in [1.165, 1.54) is 50.5 Å². The van der Waals surface area contributed by atoms with E-state index in [1.807, 2.05) is 0 Å². The number of nitrogens with zero attached hydrogens (tertiary/aromatic N) is 2. The van der Waals surface area contributed by atoms with Crippen LogP contribution < -0.4 is 4.74 Å². The zero-order chi connectivity index (χ0) is 19.4. The van der Waals surface area contributed by atoms with Crippen molar-refractivity contribution in [1.82, 2.24) is 9.80 Å². The Hall–Kier alpha value is -1.55. The molecule has 3 fully saturated rings. The summed E-state index contributed by atoms with van der Waals surface area (Å²) in [5.74, 6) is 2.09. The summed E-state index contributed by atoms with van der Waals surface area (Å²) in [5, 5.41) is 0. The molecule has 1 unspecified atom stereocenters. The first-order valence-electron chi connectivity index (χ1n) is 11.3. The fraction of sp³-hybridized carbons (Fsp3) is 0.708. The molecule has 1 spiro atoms. The molecule has 1 aromatic carbocycles. The van der Waals surface area contributed by atoms with Gasteiger partial charge in [-0.15, -0.1) is 0 Å². The zero-order valence-electron chi connectivity index (χ0n) is 17.5. The molecule has 1 atom stereocenters. The van der Waals surface area contributed by atoms with Gasteiger partial charge in [0, 0.05) is 31.6 Å². The minimum atomic E-state index is 0.142. The molecule has 2 aliphatic heterocycles. The van der Waals surface area contributed by atoms with Crippen LogP contribution in [0.4, 0.5) is 0 Å². The fourth-order valence-electron chi connectivity index (χ4n) is 5.70. The van der Waals surface area contributed by atoms with Crippen LogP contribution in [0.15, 0.2) is 24.3 Å². The standard InChI is InChI=1S/C24H36N2O2/c1-28-22-10-8-21(9-11-22)18-25-16-5-13-24(15-17-25)14-12-23(27)26(24)19-20-6-3-2-4-7-20/h8-11,20H,2-7,12-19H2,1H3. The van der Waals surface area contributed by atoms with E-state index < -0.39 is 0 Å². The molecule has 28 heavy (non-hydrogen) atoms. The van der Waals surface area contributed by atoms with Gasteiger partial charge in [0.25, 0.3) is 0 Å². The van der Waals surface area contributed by atoms with Crippen molar-refractivity contribution < 1.29 is 9.53 Å². The van der Waals surface area contributed by atoms with E-state index >= 15 is 0 Å². The van der Waals surface area contributed by atoms with Gasteiger partial charge in [0.2, 0.25) is 5.91 Å². The Labute approximate surface area is 170 Å². The number of carbonyl (C=O) groups excluding carboxylic acids is 1. The minimum Gasteiger partial charge on any atom is -0.497 e. The molecule has 0 aromatic heterocycles. The van der Waals surface area contributed by atoms with Crippen LogP contribution in [0.25, 0.3) is 0 Å². The average Bonchev–Trinajstić information content (AvgIpc) is 2.90. The Kier molecular flexibility index (Phi) is 6.25. The van der Waals surface area contributed by atoms with Crippen LogP contribution in [-0.4, -0.2) is 48.0 Å². The van der Waals surface area contributed by atoms with Crippen molar-refractivity contribution in [2.45, 2.75) is 76.3 Å². The van der Waals surface area contributed by atoms with E-state index in [0.717, 1.165) is 57.1 Å². The van der Waals surface area contributed by atoms with Crippen molar-refractivity contribution in [3.8, 4) is 5.75 Å². The van der Waals surface area contributed by atoms with E-state index in [1.54, 1.807) is 7.11 Å². The van der Waals surface area contributed by atoms with Crippen molar-refractivity contribution in [3.05, 3.63) is 29.8 Å². The average molecular weight is 385 g/mol. The van der Waals surface area contributed by atoms with Gasteiger partial charge in [-0.1, -0.05) is 31.4 Å². The molecule has 3 aliphatic rings. The summed E-state index contributed by atoms with van der Waals surface area (Å²) in [6, 6.07) is 8.45. The van der Waals surface area contributed by atoms with Crippen LogP contribution in [-0.2, 0) is 11.3 Å². The second-order valence-corrected chi connectivity index (χ2v) is 9.21. The van der Waals surface area contributed by atoms with Gasteiger partial charge in [0.05, 0.1) is 7.11 Å². The number of hydrogen-bond acceptors (Lipinski definition) is 3. The zero-order valence-corrected chi connectivity index (χ0v) is 17.5. The molecule has 1 aliphatic carbocycles. The second kappa shape index (κ2) is 8.86. The maximum absolute atomic E-state index is 12.8. The smallest absolute Gasteiger partial charge is 0.223 e. The van der Waals surface area contributed by atoms with E-state index in [-0.39, 0.29) is 5.54 Å². The first-order valence-corrected chi connectivity index (χ1v) is 11.3. The first-order chi connectivity index (χ1) is 13.7. The van der Waals surface area contributed by atoms with Gasteiger partial charge in [-0.3, -0.25) is 9.69 Å². The van der Waals surface area contributed by atoms with Gasteiger partial charge in [0.1, 0.15) is 5.75 Å². The van der Waals surface area contributed by atoms with Gasteiger partial charge >= 0.3 is 0 Å². The van der Waals surface area contributed by atoms with Crippen LogP contribution in [0, 0.1) is 5.92 Å². The number of hydrogen-bond donors (Lipinski definition) is 0. The Balaban J connectivity index is 1.38. The summed E-state index contributed by atoms with van der Waals surface area (Å²) in [6.07, 6.45) is 12.1. The number of benzene rings is 1. The molecule has 2 heterocycles. The largest absolute Gasteiger partial charge is 0.497 e. The summed E-state index contributed by atoms with van der Waals surface area (Å²) < 4.78 is 5.28. The molecule has 2 saturated heterocycles. The number of rotatable bonds is 5. The lowest BCUT2D eigenvalue weighted by molar-refractivity contribution is -0.132. The highest BCUT2D eigenvalue weighted by Crippen LogP contribution is 2.41. The van der Waals surface area contributed by atoms with Crippen molar-refractivity contribution in [1.29, 1.82) is 0 Å². The summed E-state index contributed by atoms with van der Waals surface area (Å²) in [6.45, 7) is 4.26. The van der Waals surface area contributed by atoms with Gasteiger partial charge in [0.15, 0.2) is 0 Å². The van der Waals surface area contributed by atoms with Crippen molar-refractivity contribution in [2.75, 3.05) is 26.7 Å². The van der Waals surface area contributed by atoms with Crippen molar-refractivity contribution in [3.63, 3.8) is 0 Å². The molecule has 4 nitrogen and oxygen atoms in total. The number of ether oxygens (including phenoxy) is 1. The maximum atomic E-state index is 12.8.